The van der Waals surface area contributed by atoms with Crippen LogP contribution < -0.4 is 15.8 Å². The van der Waals surface area contributed by atoms with Crippen LogP contribution in [0.1, 0.15) is 33.1 Å². The minimum absolute atomic E-state index is 0.0184. The predicted octanol–water partition coefficient (Wildman–Crippen LogP) is 3.08. The number of hydrogen-bond donors (Lipinski definition) is 2. The average molecular weight is 310 g/mol. The Morgan fingerprint density at radius 3 is 2.57 bits per heavy atom. The van der Waals surface area contributed by atoms with Crippen molar-refractivity contribution in [2.24, 2.45) is 0 Å². The topological polar surface area (TPSA) is 64.3 Å². The number of nitrogens with two attached hydrogens (primary N) is 1. The van der Waals surface area contributed by atoms with E-state index in [1.807, 2.05) is 23.9 Å². The Hall–Kier alpha value is -1.36. The van der Waals surface area contributed by atoms with Crippen molar-refractivity contribution in [1.82, 2.24) is 5.32 Å². The summed E-state index contributed by atoms with van der Waals surface area (Å²) in [5.74, 6) is 0.649. The van der Waals surface area contributed by atoms with Gasteiger partial charge in [-0.3, -0.25) is 4.79 Å². The molecular formula is C16H26N2O2S. The van der Waals surface area contributed by atoms with Crippen LogP contribution in [0.5, 0.6) is 5.75 Å². The lowest BCUT2D eigenvalue weighted by Gasteiger charge is -2.29. The first-order valence-corrected chi connectivity index (χ1v) is 8.58. The van der Waals surface area contributed by atoms with Gasteiger partial charge in [-0.1, -0.05) is 26.0 Å². The van der Waals surface area contributed by atoms with Gasteiger partial charge in [0.2, 0.25) is 5.91 Å². The van der Waals surface area contributed by atoms with Crippen LogP contribution >= 0.6 is 11.8 Å². The lowest BCUT2D eigenvalue weighted by Crippen LogP contribution is -2.40. The number of thioether (sulfide) groups is 1. The summed E-state index contributed by atoms with van der Waals surface area (Å²) in [6, 6.07) is 7.30. The smallest absolute Gasteiger partial charge is 0.223 e. The molecule has 0 unspecified atom stereocenters. The molecule has 0 saturated carbocycles. The monoisotopic (exact) mass is 310 g/mol. The van der Waals surface area contributed by atoms with Gasteiger partial charge in [0.25, 0.3) is 0 Å². The number of hydrogen-bond acceptors (Lipinski definition) is 4. The summed E-state index contributed by atoms with van der Waals surface area (Å²) in [5, 5.41) is 3.01. The predicted molar refractivity (Wildman–Crippen MR) is 90.8 cm³/mol. The van der Waals surface area contributed by atoms with Gasteiger partial charge in [-0.05, 0) is 31.2 Å². The lowest BCUT2D eigenvalue weighted by molar-refractivity contribution is -0.121. The van der Waals surface area contributed by atoms with Gasteiger partial charge in [0.05, 0.1) is 18.7 Å². The first-order chi connectivity index (χ1) is 10.1. The summed E-state index contributed by atoms with van der Waals surface area (Å²) in [7, 11) is 0. The van der Waals surface area contributed by atoms with Gasteiger partial charge in [0.1, 0.15) is 5.75 Å². The van der Waals surface area contributed by atoms with Crippen molar-refractivity contribution in [2.45, 2.75) is 37.9 Å². The molecule has 0 aliphatic carbocycles. The summed E-state index contributed by atoms with van der Waals surface area (Å²) in [6.45, 7) is 5.36. The highest BCUT2D eigenvalue weighted by atomic mass is 32.2. The standard InChI is InChI=1S/C16H26N2O2S/c1-4-16(5-2,21-3)12-18-15(19)10-11-20-14-9-7-6-8-13(14)17/h6-9H,4-5,10-12,17H2,1-3H3,(H,18,19). The summed E-state index contributed by atoms with van der Waals surface area (Å²) < 4.78 is 5.67. The number of ether oxygens (including phenoxy) is 1. The van der Waals surface area contributed by atoms with Crippen LogP contribution in [0.4, 0.5) is 5.69 Å². The van der Waals surface area contributed by atoms with E-state index >= 15 is 0 Å². The molecule has 4 nitrogen and oxygen atoms in total. The zero-order valence-corrected chi connectivity index (χ0v) is 14.0. The minimum Gasteiger partial charge on any atom is -0.491 e. The van der Waals surface area contributed by atoms with Crippen LogP contribution in [0.2, 0.25) is 0 Å². The number of rotatable bonds is 9. The van der Waals surface area contributed by atoms with Crippen LogP contribution in [0.15, 0.2) is 24.3 Å². The molecule has 0 spiro atoms. The molecule has 0 aliphatic heterocycles. The van der Waals surface area contributed by atoms with Crippen molar-refractivity contribution >= 4 is 23.4 Å². The molecule has 0 radical (unpaired) electrons. The molecule has 0 aromatic heterocycles. The maximum Gasteiger partial charge on any atom is 0.223 e. The molecule has 21 heavy (non-hydrogen) atoms. The third kappa shape index (κ3) is 5.50. The Balaban J connectivity index is 2.33. The van der Waals surface area contributed by atoms with Crippen LogP contribution in [-0.2, 0) is 4.79 Å². The van der Waals surface area contributed by atoms with E-state index < -0.39 is 0 Å². The van der Waals surface area contributed by atoms with Gasteiger partial charge >= 0.3 is 0 Å². The van der Waals surface area contributed by atoms with Crippen LogP contribution in [0.3, 0.4) is 0 Å². The SMILES string of the molecule is CCC(CC)(CNC(=O)CCOc1ccccc1N)SC. The van der Waals surface area contributed by atoms with Crippen molar-refractivity contribution in [2.75, 3.05) is 25.1 Å². The molecule has 5 heteroatoms. The summed E-state index contributed by atoms with van der Waals surface area (Å²) in [4.78, 5) is 11.9. The Kier molecular flexibility index (Phi) is 7.43. The van der Waals surface area contributed by atoms with Gasteiger partial charge in [0.15, 0.2) is 0 Å². The summed E-state index contributed by atoms with van der Waals surface area (Å²) in [5.41, 5.74) is 6.37. The maximum atomic E-state index is 11.9. The Morgan fingerprint density at radius 1 is 1.33 bits per heavy atom. The van der Waals surface area contributed by atoms with E-state index in [1.165, 1.54) is 0 Å². The largest absolute Gasteiger partial charge is 0.491 e. The molecule has 1 rings (SSSR count). The third-order valence-electron chi connectivity index (χ3n) is 3.84. The minimum atomic E-state index is 0.0184. The number of para-hydroxylation sites is 2. The van der Waals surface area contributed by atoms with E-state index in [-0.39, 0.29) is 10.7 Å². The molecule has 3 N–H and O–H groups in total. The number of amides is 1. The number of carbonyl (C=O) groups excluding carboxylic acids is 1. The first-order valence-electron chi connectivity index (χ1n) is 7.36. The molecule has 1 aromatic carbocycles. The van der Waals surface area contributed by atoms with E-state index in [0.29, 0.717) is 31.0 Å². The van der Waals surface area contributed by atoms with Gasteiger partial charge < -0.3 is 15.8 Å². The number of anilines is 1. The molecular weight excluding hydrogens is 284 g/mol. The highest BCUT2D eigenvalue weighted by Gasteiger charge is 2.25. The zero-order chi connectivity index (χ0) is 15.7. The van der Waals surface area contributed by atoms with Crippen molar-refractivity contribution in [3.05, 3.63) is 24.3 Å². The number of benzene rings is 1. The van der Waals surface area contributed by atoms with Crippen molar-refractivity contribution < 1.29 is 9.53 Å². The fourth-order valence-corrected chi connectivity index (χ4v) is 2.87. The van der Waals surface area contributed by atoms with E-state index in [2.05, 4.69) is 25.4 Å². The van der Waals surface area contributed by atoms with Crippen molar-refractivity contribution in [3.8, 4) is 5.75 Å². The van der Waals surface area contributed by atoms with Crippen LogP contribution in [-0.4, -0.2) is 30.1 Å². The van der Waals surface area contributed by atoms with Crippen molar-refractivity contribution in [3.63, 3.8) is 0 Å². The maximum absolute atomic E-state index is 11.9. The third-order valence-corrected chi connectivity index (χ3v) is 5.42. The highest BCUT2D eigenvalue weighted by Crippen LogP contribution is 2.29. The lowest BCUT2D eigenvalue weighted by atomic mass is 10.0. The van der Waals surface area contributed by atoms with Crippen molar-refractivity contribution in [1.29, 1.82) is 0 Å². The first kappa shape index (κ1) is 17.7. The van der Waals surface area contributed by atoms with Crippen LogP contribution in [0.25, 0.3) is 0 Å². The molecule has 0 fully saturated rings. The molecule has 0 saturated heterocycles. The molecule has 1 aromatic rings. The number of carbonyl (C=O) groups is 1. The van der Waals surface area contributed by atoms with Crippen LogP contribution in [0, 0.1) is 0 Å². The Labute approximate surface area is 131 Å². The second-order valence-electron chi connectivity index (χ2n) is 5.01. The zero-order valence-electron chi connectivity index (χ0n) is 13.1. The highest BCUT2D eigenvalue weighted by molar-refractivity contribution is 8.00. The van der Waals surface area contributed by atoms with E-state index in [0.717, 1.165) is 12.8 Å². The molecule has 1 amide bonds. The number of nitrogens with one attached hydrogen (secondary N) is 1. The second kappa shape index (κ2) is 8.82. The molecule has 118 valence electrons. The normalized spacial score (nSPS) is 11.2. The molecule has 0 heterocycles. The van der Waals surface area contributed by atoms with E-state index in [9.17, 15) is 4.79 Å². The fraction of sp³-hybridized carbons (Fsp3) is 0.562. The summed E-state index contributed by atoms with van der Waals surface area (Å²) >= 11 is 1.82. The molecule has 0 aliphatic rings. The quantitative estimate of drug-likeness (QED) is 0.688. The van der Waals surface area contributed by atoms with Gasteiger partial charge in [-0.25, -0.2) is 0 Å². The average Bonchev–Trinajstić information content (AvgIpc) is 2.51. The van der Waals surface area contributed by atoms with E-state index in [1.54, 1.807) is 12.1 Å². The molecule has 0 bridgehead atoms. The Bertz CT molecular complexity index is 439. The van der Waals surface area contributed by atoms with Gasteiger partial charge in [-0.2, -0.15) is 11.8 Å². The van der Waals surface area contributed by atoms with Gasteiger partial charge in [0, 0.05) is 11.3 Å². The molecule has 0 atom stereocenters. The number of nitrogen functional groups attached to an aromatic ring is 1. The van der Waals surface area contributed by atoms with Gasteiger partial charge in [-0.15, -0.1) is 0 Å². The Morgan fingerprint density at radius 2 is 2.00 bits per heavy atom. The summed E-state index contributed by atoms with van der Waals surface area (Å²) in [6.07, 6.45) is 4.52. The fourth-order valence-electron chi connectivity index (χ4n) is 2.07. The van der Waals surface area contributed by atoms with E-state index in [4.69, 9.17) is 10.5 Å². The second-order valence-corrected chi connectivity index (χ2v) is 6.28.